The van der Waals surface area contributed by atoms with Crippen molar-refractivity contribution in [3.63, 3.8) is 0 Å². The third-order valence-electron chi connectivity index (χ3n) is 5.39. The monoisotopic (exact) mass is 607 g/mol. The van der Waals surface area contributed by atoms with Gasteiger partial charge in [-0.3, -0.25) is 9.78 Å². The van der Waals surface area contributed by atoms with Gasteiger partial charge in [-0.15, -0.1) is 0 Å². The summed E-state index contributed by atoms with van der Waals surface area (Å²) in [7, 11) is 0. The SMILES string of the molecule is Cc1ccc(NC(=O)c2cc(C(F)(F)F)cc(C(F)(F)F)c2)cc1Nc1nccc(-c2cccnc2)n1.O=C(O)C(=O)O. The molecule has 0 bridgehead atoms. The molecule has 0 aliphatic carbocycles. The molecule has 0 atom stereocenters. The number of halogens is 6. The van der Waals surface area contributed by atoms with Crippen LogP contribution in [0.5, 0.6) is 0 Å². The minimum absolute atomic E-state index is 0.0374. The maximum atomic E-state index is 13.1. The van der Waals surface area contributed by atoms with Gasteiger partial charge in [0.1, 0.15) is 0 Å². The average Bonchev–Trinajstić information content (AvgIpc) is 2.94. The third kappa shape index (κ3) is 8.97. The second-order valence-corrected chi connectivity index (χ2v) is 8.52. The Labute approximate surface area is 238 Å². The van der Waals surface area contributed by atoms with Crippen molar-refractivity contribution in [2.24, 2.45) is 0 Å². The van der Waals surface area contributed by atoms with Crippen LogP contribution in [-0.2, 0) is 21.9 Å². The number of carbonyl (C=O) groups is 3. The highest BCUT2D eigenvalue weighted by molar-refractivity contribution is 6.27. The minimum Gasteiger partial charge on any atom is -0.473 e. The highest BCUT2D eigenvalue weighted by atomic mass is 19.4. The fraction of sp³-hybridized carbons (Fsp3) is 0.111. The molecule has 0 fully saturated rings. The van der Waals surface area contributed by atoms with Crippen LogP contribution in [0.2, 0.25) is 0 Å². The molecule has 2 aromatic carbocycles. The lowest BCUT2D eigenvalue weighted by molar-refractivity contribution is -0.159. The van der Waals surface area contributed by atoms with Gasteiger partial charge in [-0.25, -0.2) is 19.6 Å². The van der Waals surface area contributed by atoms with Crippen LogP contribution in [0.25, 0.3) is 11.3 Å². The molecule has 16 heteroatoms. The molecule has 0 spiro atoms. The van der Waals surface area contributed by atoms with Crippen molar-refractivity contribution in [1.82, 2.24) is 15.0 Å². The number of carbonyl (C=O) groups excluding carboxylic acids is 1. The van der Waals surface area contributed by atoms with Crippen molar-refractivity contribution >= 4 is 35.2 Å². The van der Waals surface area contributed by atoms with E-state index in [-0.39, 0.29) is 17.7 Å². The van der Waals surface area contributed by atoms with Crippen molar-refractivity contribution in [2.45, 2.75) is 19.3 Å². The Morgan fingerprint density at radius 1 is 0.814 bits per heavy atom. The van der Waals surface area contributed by atoms with Gasteiger partial charge in [-0.05, 0) is 61.0 Å². The van der Waals surface area contributed by atoms with Gasteiger partial charge in [0.15, 0.2) is 0 Å². The van der Waals surface area contributed by atoms with E-state index in [4.69, 9.17) is 19.8 Å². The first-order valence-electron chi connectivity index (χ1n) is 11.7. The van der Waals surface area contributed by atoms with E-state index in [1.54, 1.807) is 37.5 Å². The van der Waals surface area contributed by atoms with E-state index in [1.807, 2.05) is 6.07 Å². The highest BCUT2D eigenvalue weighted by Crippen LogP contribution is 2.36. The van der Waals surface area contributed by atoms with Crippen LogP contribution < -0.4 is 10.6 Å². The predicted octanol–water partition coefficient (Wildman–Crippen LogP) is 6.04. The number of aryl methyl sites for hydroxylation is 1. The van der Waals surface area contributed by atoms with E-state index in [2.05, 4.69) is 25.6 Å². The average molecular weight is 607 g/mol. The van der Waals surface area contributed by atoms with Crippen molar-refractivity contribution in [3.05, 3.63) is 95.4 Å². The summed E-state index contributed by atoms with van der Waals surface area (Å²) in [6.45, 7) is 1.75. The second-order valence-electron chi connectivity index (χ2n) is 8.52. The van der Waals surface area contributed by atoms with Crippen molar-refractivity contribution in [2.75, 3.05) is 10.6 Å². The smallest absolute Gasteiger partial charge is 0.416 e. The van der Waals surface area contributed by atoms with E-state index in [0.29, 0.717) is 29.1 Å². The zero-order valence-electron chi connectivity index (χ0n) is 21.7. The van der Waals surface area contributed by atoms with Gasteiger partial charge in [-0.2, -0.15) is 26.3 Å². The summed E-state index contributed by atoms with van der Waals surface area (Å²) in [5.74, 6) is -4.56. The first kappa shape index (κ1) is 32.0. The van der Waals surface area contributed by atoms with Gasteiger partial charge in [0.05, 0.1) is 16.8 Å². The number of nitrogens with one attached hydrogen (secondary N) is 2. The summed E-state index contributed by atoms with van der Waals surface area (Å²) in [5, 5.41) is 20.1. The molecule has 0 saturated carbocycles. The van der Waals surface area contributed by atoms with Crippen LogP contribution in [0.1, 0.15) is 27.0 Å². The standard InChI is InChI=1S/C25H17F6N5O.C2H2O4/c1-14-4-5-19(12-21(14)36-23-33-8-6-20(35-23)15-3-2-7-32-13-15)34-22(37)16-9-17(24(26,27)28)11-18(10-16)25(29,30)31;3-1(4)2(5)6/h2-13H,1H3,(H,34,37)(H,33,35,36);(H,3,4)(H,5,6). The highest BCUT2D eigenvalue weighted by Gasteiger charge is 2.37. The Morgan fingerprint density at radius 2 is 1.44 bits per heavy atom. The lowest BCUT2D eigenvalue weighted by Gasteiger charge is -2.15. The van der Waals surface area contributed by atoms with Crippen LogP contribution in [0, 0.1) is 6.92 Å². The van der Waals surface area contributed by atoms with Gasteiger partial charge < -0.3 is 20.8 Å². The van der Waals surface area contributed by atoms with Gasteiger partial charge in [0.25, 0.3) is 5.91 Å². The molecule has 2 heterocycles. The van der Waals surface area contributed by atoms with Crippen LogP contribution in [0.15, 0.2) is 73.2 Å². The zero-order chi connectivity index (χ0) is 31.9. The Morgan fingerprint density at radius 3 is 1.98 bits per heavy atom. The summed E-state index contributed by atoms with van der Waals surface area (Å²) in [5.41, 5.74) is -1.29. The molecule has 10 nitrogen and oxygen atoms in total. The number of carboxylic acid groups (broad SMARTS) is 2. The van der Waals surface area contributed by atoms with Crippen LogP contribution >= 0.6 is 0 Å². The van der Waals surface area contributed by atoms with E-state index < -0.39 is 46.9 Å². The quantitative estimate of drug-likeness (QED) is 0.157. The number of rotatable bonds is 5. The Bertz CT molecular complexity index is 1600. The Hall–Kier alpha value is -5.54. The fourth-order valence-electron chi connectivity index (χ4n) is 3.34. The molecule has 2 aromatic heterocycles. The van der Waals surface area contributed by atoms with Gasteiger partial charge in [-0.1, -0.05) is 6.07 Å². The molecule has 43 heavy (non-hydrogen) atoms. The number of alkyl halides is 6. The van der Waals surface area contributed by atoms with Crippen molar-refractivity contribution < 1.29 is 50.9 Å². The van der Waals surface area contributed by atoms with Crippen LogP contribution in [0.4, 0.5) is 43.7 Å². The minimum atomic E-state index is -5.07. The van der Waals surface area contributed by atoms with Crippen molar-refractivity contribution in [3.8, 4) is 11.3 Å². The number of carboxylic acids is 2. The predicted molar refractivity (Wildman–Crippen MR) is 139 cm³/mol. The van der Waals surface area contributed by atoms with Gasteiger partial charge in [0, 0.05) is 41.1 Å². The normalized spacial score (nSPS) is 11.1. The van der Waals surface area contributed by atoms with E-state index in [1.165, 1.54) is 18.3 Å². The maximum absolute atomic E-state index is 13.1. The molecule has 4 aromatic rings. The first-order chi connectivity index (χ1) is 20.0. The lowest BCUT2D eigenvalue weighted by Crippen LogP contribution is -2.17. The molecule has 4 N–H and O–H groups in total. The number of hydrogen-bond donors (Lipinski definition) is 4. The summed E-state index contributed by atoms with van der Waals surface area (Å²) < 4.78 is 78.9. The molecule has 0 aliphatic heterocycles. The van der Waals surface area contributed by atoms with E-state index in [9.17, 15) is 31.1 Å². The number of anilines is 3. The van der Waals surface area contributed by atoms with Crippen LogP contribution in [-0.4, -0.2) is 43.0 Å². The number of hydrogen-bond acceptors (Lipinski definition) is 7. The molecule has 1 amide bonds. The molecular weight excluding hydrogens is 588 g/mol. The first-order valence-corrected chi connectivity index (χ1v) is 11.7. The molecule has 0 unspecified atom stereocenters. The van der Waals surface area contributed by atoms with Crippen molar-refractivity contribution in [1.29, 1.82) is 0 Å². The summed E-state index contributed by atoms with van der Waals surface area (Å²) in [6, 6.07) is 10.5. The number of nitrogens with zero attached hydrogens (tertiary/aromatic N) is 3. The molecule has 0 saturated heterocycles. The fourth-order valence-corrected chi connectivity index (χ4v) is 3.34. The number of amides is 1. The number of aliphatic carboxylic acids is 2. The molecule has 224 valence electrons. The second kappa shape index (κ2) is 13.0. The number of benzene rings is 2. The lowest BCUT2D eigenvalue weighted by atomic mass is 10.0. The molecule has 0 aliphatic rings. The maximum Gasteiger partial charge on any atom is 0.416 e. The molecule has 4 rings (SSSR count). The largest absolute Gasteiger partial charge is 0.473 e. The van der Waals surface area contributed by atoms with Gasteiger partial charge >= 0.3 is 24.3 Å². The Balaban J connectivity index is 0.000000765. The van der Waals surface area contributed by atoms with Gasteiger partial charge in [0.2, 0.25) is 5.95 Å². The van der Waals surface area contributed by atoms with E-state index >= 15 is 0 Å². The van der Waals surface area contributed by atoms with Crippen LogP contribution in [0.3, 0.4) is 0 Å². The Kier molecular flexibility index (Phi) is 9.64. The third-order valence-corrected chi connectivity index (χ3v) is 5.39. The van der Waals surface area contributed by atoms with E-state index in [0.717, 1.165) is 5.56 Å². The number of pyridine rings is 1. The molecule has 0 radical (unpaired) electrons. The molecular formula is C27H19F6N5O5. The summed E-state index contributed by atoms with van der Waals surface area (Å²) in [6.07, 6.45) is -5.35. The zero-order valence-corrected chi connectivity index (χ0v) is 21.7. The summed E-state index contributed by atoms with van der Waals surface area (Å²) in [4.78, 5) is 43.5. The topological polar surface area (TPSA) is 154 Å². The number of aromatic nitrogens is 3. The summed E-state index contributed by atoms with van der Waals surface area (Å²) >= 11 is 0.